The number of hydrogen-bond donors (Lipinski definition) is 1. The summed E-state index contributed by atoms with van der Waals surface area (Å²) in [4.78, 5) is 28.9. The van der Waals surface area contributed by atoms with E-state index in [0.29, 0.717) is 16.7 Å². The quantitative estimate of drug-likeness (QED) is 0.507. The van der Waals surface area contributed by atoms with Crippen molar-refractivity contribution in [2.24, 2.45) is 0 Å². The summed E-state index contributed by atoms with van der Waals surface area (Å²) in [6.07, 6.45) is 1.62. The summed E-state index contributed by atoms with van der Waals surface area (Å²) >= 11 is 3.30. The van der Waals surface area contributed by atoms with Crippen molar-refractivity contribution in [1.29, 1.82) is 0 Å². The van der Waals surface area contributed by atoms with E-state index in [0.717, 1.165) is 9.86 Å². The van der Waals surface area contributed by atoms with Crippen LogP contribution in [-0.2, 0) is 11.3 Å². The second-order valence-electron chi connectivity index (χ2n) is 5.92. The maximum Gasteiger partial charge on any atom is 0.342 e. The Labute approximate surface area is 161 Å². The molecular weight excluding hydrogens is 412 g/mol. The lowest BCUT2D eigenvalue weighted by atomic mass is 10.1. The molecule has 2 aromatic carbocycles. The number of hydrogen-bond acceptors (Lipinski definition) is 5. The lowest BCUT2D eigenvalue weighted by Crippen LogP contribution is -2.16. The van der Waals surface area contributed by atoms with Crippen LogP contribution in [0.1, 0.15) is 16.1 Å². The lowest BCUT2D eigenvalue weighted by Gasteiger charge is -2.09. The van der Waals surface area contributed by atoms with Crippen molar-refractivity contribution in [3.63, 3.8) is 0 Å². The van der Waals surface area contributed by atoms with Crippen molar-refractivity contribution in [2.45, 2.75) is 6.61 Å². The van der Waals surface area contributed by atoms with Crippen LogP contribution in [0.5, 0.6) is 5.75 Å². The third-order valence-electron chi connectivity index (χ3n) is 4.15. The number of rotatable bonds is 3. The fraction of sp³-hybridized carbons (Fsp3) is 0.0500. The minimum absolute atomic E-state index is 0.0649. The number of ether oxygens (including phenoxy) is 1. The zero-order chi connectivity index (χ0) is 19.0. The molecule has 4 rings (SSSR count). The molecule has 0 aliphatic heterocycles. The molecular formula is C20H13BrN2O4. The molecule has 0 aliphatic carbocycles. The summed E-state index contributed by atoms with van der Waals surface area (Å²) in [5.74, 6) is -0.814. The number of phenols is 1. The van der Waals surface area contributed by atoms with Crippen molar-refractivity contribution in [3.8, 4) is 5.75 Å². The number of pyridine rings is 1. The average molecular weight is 425 g/mol. The predicted molar refractivity (Wildman–Crippen MR) is 104 cm³/mol. The molecule has 7 heteroatoms. The van der Waals surface area contributed by atoms with Crippen LogP contribution in [0.4, 0.5) is 0 Å². The molecule has 0 amide bonds. The number of aromatic nitrogens is 2. The molecule has 0 fully saturated rings. The van der Waals surface area contributed by atoms with E-state index in [-0.39, 0.29) is 23.5 Å². The van der Waals surface area contributed by atoms with Gasteiger partial charge in [0.05, 0.1) is 5.69 Å². The van der Waals surface area contributed by atoms with Gasteiger partial charge in [-0.3, -0.25) is 9.20 Å². The number of aromatic hydroxyl groups is 1. The number of nitrogens with zero attached hydrogens (tertiary/aromatic N) is 2. The third-order valence-corrected chi connectivity index (χ3v) is 4.62. The van der Waals surface area contributed by atoms with Crippen LogP contribution in [0.3, 0.4) is 0 Å². The van der Waals surface area contributed by atoms with E-state index >= 15 is 0 Å². The van der Waals surface area contributed by atoms with Gasteiger partial charge in [0.1, 0.15) is 23.6 Å². The van der Waals surface area contributed by atoms with Gasteiger partial charge in [-0.05, 0) is 39.5 Å². The van der Waals surface area contributed by atoms with E-state index < -0.39 is 5.97 Å². The zero-order valence-corrected chi connectivity index (χ0v) is 15.5. The molecule has 0 aliphatic rings. The van der Waals surface area contributed by atoms with E-state index in [1.165, 1.54) is 16.5 Å². The Morgan fingerprint density at radius 2 is 1.96 bits per heavy atom. The smallest absolute Gasteiger partial charge is 0.342 e. The van der Waals surface area contributed by atoms with Crippen molar-refractivity contribution in [3.05, 3.63) is 86.9 Å². The standard InChI is InChI=1S/C20H13BrN2O4/c21-13-6-8-17-22-14(9-18(24)23(17)10-13)11-27-20(26)16-7-5-12-3-1-2-4-15(12)19(16)25/h1-10,25H,11H2. The fourth-order valence-corrected chi connectivity index (χ4v) is 3.17. The maximum atomic E-state index is 12.4. The average Bonchev–Trinajstić information content (AvgIpc) is 2.67. The van der Waals surface area contributed by atoms with Gasteiger partial charge in [0, 0.05) is 22.1 Å². The molecule has 0 atom stereocenters. The largest absolute Gasteiger partial charge is 0.506 e. The predicted octanol–water partition coefficient (Wildman–Crippen LogP) is 3.67. The second-order valence-corrected chi connectivity index (χ2v) is 6.84. The van der Waals surface area contributed by atoms with Gasteiger partial charge in [0.2, 0.25) is 0 Å². The van der Waals surface area contributed by atoms with Crippen LogP contribution in [0.25, 0.3) is 16.4 Å². The van der Waals surface area contributed by atoms with Crippen molar-refractivity contribution < 1.29 is 14.6 Å². The van der Waals surface area contributed by atoms with E-state index in [2.05, 4.69) is 20.9 Å². The highest BCUT2D eigenvalue weighted by atomic mass is 79.9. The zero-order valence-electron chi connectivity index (χ0n) is 13.9. The van der Waals surface area contributed by atoms with Crippen LogP contribution >= 0.6 is 15.9 Å². The molecule has 0 unspecified atom stereocenters. The molecule has 6 nitrogen and oxygen atoms in total. The molecule has 0 radical (unpaired) electrons. The highest BCUT2D eigenvalue weighted by Crippen LogP contribution is 2.29. The summed E-state index contributed by atoms with van der Waals surface area (Å²) in [7, 11) is 0. The third kappa shape index (κ3) is 3.29. The molecule has 0 bridgehead atoms. The van der Waals surface area contributed by atoms with Gasteiger partial charge in [0.15, 0.2) is 0 Å². The Bertz CT molecular complexity index is 1250. The van der Waals surface area contributed by atoms with E-state index in [1.807, 2.05) is 12.1 Å². The van der Waals surface area contributed by atoms with Gasteiger partial charge < -0.3 is 9.84 Å². The van der Waals surface area contributed by atoms with E-state index in [4.69, 9.17) is 4.74 Å². The van der Waals surface area contributed by atoms with Crippen molar-refractivity contribution in [2.75, 3.05) is 0 Å². The van der Waals surface area contributed by atoms with Crippen molar-refractivity contribution in [1.82, 2.24) is 9.38 Å². The number of benzene rings is 2. The first-order chi connectivity index (χ1) is 13.0. The van der Waals surface area contributed by atoms with Gasteiger partial charge in [-0.2, -0.15) is 0 Å². The van der Waals surface area contributed by atoms with Crippen LogP contribution < -0.4 is 5.56 Å². The maximum absolute atomic E-state index is 12.4. The van der Waals surface area contributed by atoms with Gasteiger partial charge in [0.25, 0.3) is 5.56 Å². The highest BCUT2D eigenvalue weighted by Gasteiger charge is 2.16. The number of halogens is 1. The second kappa shape index (κ2) is 6.85. The van der Waals surface area contributed by atoms with Gasteiger partial charge in [-0.15, -0.1) is 0 Å². The lowest BCUT2D eigenvalue weighted by molar-refractivity contribution is 0.0464. The van der Waals surface area contributed by atoms with Crippen LogP contribution in [0.2, 0.25) is 0 Å². The summed E-state index contributed by atoms with van der Waals surface area (Å²) < 4.78 is 7.40. The molecule has 0 saturated heterocycles. The number of phenolic OH excluding ortho intramolecular Hbond substituents is 1. The monoisotopic (exact) mass is 424 g/mol. The fourth-order valence-electron chi connectivity index (χ4n) is 2.84. The molecule has 4 aromatic rings. The summed E-state index contributed by atoms with van der Waals surface area (Å²) in [6, 6.07) is 15.2. The minimum Gasteiger partial charge on any atom is -0.506 e. The number of fused-ring (bicyclic) bond motifs is 2. The number of carbonyl (C=O) groups excluding carboxylic acids is 1. The SMILES string of the molecule is O=C(OCc1cc(=O)n2cc(Br)ccc2n1)c1ccc2ccccc2c1O. The molecule has 2 aromatic heterocycles. The van der Waals surface area contributed by atoms with Crippen LogP contribution in [0, 0.1) is 0 Å². The summed E-state index contributed by atoms with van der Waals surface area (Å²) in [5, 5.41) is 11.7. The van der Waals surface area contributed by atoms with Gasteiger partial charge in [-0.1, -0.05) is 30.3 Å². The van der Waals surface area contributed by atoms with Gasteiger partial charge >= 0.3 is 5.97 Å². The molecule has 27 heavy (non-hydrogen) atoms. The Morgan fingerprint density at radius 3 is 2.81 bits per heavy atom. The Morgan fingerprint density at radius 1 is 1.15 bits per heavy atom. The first kappa shape index (κ1) is 17.2. The highest BCUT2D eigenvalue weighted by molar-refractivity contribution is 9.10. The first-order valence-corrected chi connectivity index (χ1v) is 8.88. The van der Waals surface area contributed by atoms with Crippen LogP contribution in [0.15, 0.2) is 70.1 Å². The summed E-state index contributed by atoms with van der Waals surface area (Å²) in [5.41, 5.74) is 0.567. The van der Waals surface area contributed by atoms with Crippen molar-refractivity contribution >= 4 is 38.3 Å². The Kier molecular flexibility index (Phi) is 4.37. The molecule has 1 N–H and O–H groups in total. The Hall–Kier alpha value is -3.19. The first-order valence-electron chi connectivity index (χ1n) is 8.08. The molecule has 2 heterocycles. The Balaban J connectivity index is 1.59. The normalized spacial score (nSPS) is 11.0. The minimum atomic E-state index is -0.684. The molecule has 0 saturated carbocycles. The topological polar surface area (TPSA) is 80.9 Å². The van der Waals surface area contributed by atoms with E-state index in [1.54, 1.807) is 36.5 Å². The van der Waals surface area contributed by atoms with E-state index in [9.17, 15) is 14.7 Å². The summed E-state index contributed by atoms with van der Waals surface area (Å²) in [6.45, 7) is -0.174. The molecule has 0 spiro atoms. The number of esters is 1. The van der Waals surface area contributed by atoms with Gasteiger partial charge in [-0.25, -0.2) is 9.78 Å². The van der Waals surface area contributed by atoms with Crippen LogP contribution in [-0.4, -0.2) is 20.5 Å². The molecule has 134 valence electrons. The number of carbonyl (C=O) groups is 1.